The first-order chi connectivity index (χ1) is 14.1. The minimum absolute atomic E-state index is 0.249. The van der Waals surface area contributed by atoms with Gasteiger partial charge in [0.1, 0.15) is 11.6 Å². The molecule has 0 amide bonds. The molecule has 0 spiro atoms. The Labute approximate surface area is 167 Å². The second-order valence-electron chi connectivity index (χ2n) is 7.87. The third-order valence-corrected chi connectivity index (χ3v) is 5.49. The van der Waals surface area contributed by atoms with Crippen LogP contribution in [-0.4, -0.2) is 35.8 Å². The van der Waals surface area contributed by atoms with Crippen LogP contribution in [0.1, 0.15) is 43.0 Å². The van der Waals surface area contributed by atoms with Crippen LogP contribution in [0.4, 0.5) is 10.2 Å². The molecule has 0 unspecified atom stereocenters. The van der Waals surface area contributed by atoms with E-state index in [0.29, 0.717) is 11.3 Å². The summed E-state index contributed by atoms with van der Waals surface area (Å²) >= 11 is 0. The number of aromatic amines is 1. The third kappa shape index (κ3) is 3.24. The second kappa shape index (κ2) is 6.95. The number of fused-ring (bicyclic) bond motifs is 2. The Balaban J connectivity index is 1.58. The fourth-order valence-corrected chi connectivity index (χ4v) is 3.93. The molecule has 5 rings (SSSR count). The maximum Gasteiger partial charge on any atom is 0.161 e. The van der Waals surface area contributed by atoms with Crippen molar-refractivity contribution in [2.24, 2.45) is 0 Å². The summed E-state index contributed by atoms with van der Waals surface area (Å²) in [6, 6.07) is 3.63. The molecule has 148 valence electrons. The molecule has 0 aromatic carbocycles. The number of hydrogen-bond donors (Lipinski definition) is 2. The number of halogens is 1. The highest BCUT2D eigenvalue weighted by Crippen LogP contribution is 2.28. The number of nitrogens with one attached hydrogen (secondary N) is 2. The number of pyridine rings is 1. The van der Waals surface area contributed by atoms with Gasteiger partial charge in [0.05, 0.1) is 24.3 Å². The molecule has 7 nitrogen and oxygen atoms in total. The van der Waals surface area contributed by atoms with Crippen LogP contribution >= 0.6 is 0 Å². The molecule has 1 aliphatic carbocycles. The maximum absolute atomic E-state index is 13.8. The van der Waals surface area contributed by atoms with Crippen molar-refractivity contribution in [3.8, 4) is 11.3 Å². The van der Waals surface area contributed by atoms with Crippen LogP contribution < -0.4 is 5.32 Å². The van der Waals surface area contributed by atoms with Crippen LogP contribution in [0.2, 0.25) is 0 Å². The molecule has 1 aliphatic rings. The SMILES string of the molecule is CC(C)c1cnn2c(N[C@H]3CCc4cn[nH]c4C3)cc(-c3cncc(F)c3)nc12. The van der Waals surface area contributed by atoms with Gasteiger partial charge in [0.25, 0.3) is 0 Å². The predicted molar refractivity (Wildman–Crippen MR) is 108 cm³/mol. The van der Waals surface area contributed by atoms with E-state index in [0.717, 1.165) is 36.3 Å². The van der Waals surface area contributed by atoms with E-state index in [2.05, 4.69) is 39.4 Å². The lowest BCUT2D eigenvalue weighted by Gasteiger charge is -2.24. The largest absolute Gasteiger partial charge is 0.367 e. The molecule has 0 aliphatic heterocycles. The summed E-state index contributed by atoms with van der Waals surface area (Å²) in [5.74, 6) is 0.737. The monoisotopic (exact) mass is 391 g/mol. The Kier molecular flexibility index (Phi) is 4.26. The first-order valence-corrected chi connectivity index (χ1v) is 9.85. The highest BCUT2D eigenvalue weighted by atomic mass is 19.1. The molecule has 0 radical (unpaired) electrons. The molecule has 1 atom stereocenters. The summed E-state index contributed by atoms with van der Waals surface area (Å²) in [5, 5.41) is 15.5. The molecule has 29 heavy (non-hydrogen) atoms. The number of nitrogens with zero attached hydrogens (tertiary/aromatic N) is 5. The topological polar surface area (TPSA) is 83.8 Å². The first kappa shape index (κ1) is 17.8. The van der Waals surface area contributed by atoms with E-state index in [1.54, 1.807) is 6.20 Å². The van der Waals surface area contributed by atoms with Gasteiger partial charge in [-0.25, -0.2) is 9.37 Å². The van der Waals surface area contributed by atoms with Gasteiger partial charge < -0.3 is 5.32 Å². The number of rotatable bonds is 4. The Morgan fingerprint density at radius 1 is 1.21 bits per heavy atom. The van der Waals surface area contributed by atoms with Gasteiger partial charge >= 0.3 is 0 Å². The minimum atomic E-state index is -0.379. The fraction of sp³-hybridized carbons (Fsp3) is 0.333. The van der Waals surface area contributed by atoms with Crippen molar-refractivity contribution in [2.45, 2.75) is 45.1 Å². The highest BCUT2D eigenvalue weighted by molar-refractivity contribution is 5.67. The van der Waals surface area contributed by atoms with Crippen molar-refractivity contribution in [1.29, 1.82) is 0 Å². The minimum Gasteiger partial charge on any atom is -0.367 e. The van der Waals surface area contributed by atoms with Gasteiger partial charge in [-0.15, -0.1) is 0 Å². The summed E-state index contributed by atoms with van der Waals surface area (Å²) in [6.45, 7) is 4.23. The van der Waals surface area contributed by atoms with E-state index < -0.39 is 0 Å². The summed E-state index contributed by atoms with van der Waals surface area (Å²) < 4.78 is 15.6. The molecular weight excluding hydrogens is 369 g/mol. The number of aromatic nitrogens is 6. The molecule has 8 heteroatoms. The van der Waals surface area contributed by atoms with E-state index in [9.17, 15) is 4.39 Å². The summed E-state index contributed by atoms with van der Waals surface area (Å²) in [5.41, 5.74) is 5.62. The van der Waals surface area contributed by atoms with E-state index in [1.165, 1.54) is 23.5 Å². The van der Waals surface area contributed by atoms with Gasteiger partial charge in [-0.05, 0) is 30.4 Å². The smallest absolute Gasteiger partial charge is 0.161 e. The second-order valence-corrected chi connectivity index (χ2v) is 7.87. The van der Waals surface area contributed by atoms with Gasteiger partial charge in [-0.2, -0.15) is 14.7 Å². The lowest BCUT2D eigenvalue weighted by atomic mass is 9.94. The van der Waals surface area contributed by atoms with E-state index in [-0.39, 0.29) is 17.8 Å². The van der Waals surface area contributed by atoms with E-state index in [1.807, 2.05) is 23.0 Å². The van der Waals surface area contributed by atoms with Crippen molar-refractivity contribution in [3.63, 3.8) is 0 Å². The predicted octanol–water partition coefficient (Wildman–Crippen LogP) is 3.75. The fourth-order valence-electron chi connectivity index (χ4n) is 3.93. The van der Waals surface area contributed by atoms with Gasteiger partial charge in [0.15, 0.2) is 5.65 Å². The molecule has 4 aromatic rings. The lowest BCUT2D eigenvalue weighted by Crippen LogP contribution is -2.28. The molecule has 0 saturated heterocycles. The zero-order valence-corrected chi connectivity index (χ0v) is 16.4. The van der Waals surface area contributed by atoms with Crippen LogP contribution in [-0.2, 0) is 12.8 Å². The number of anilines is 1. The summed E-state index contributed by atoms with van der Waals surface area (Å²) in [7, 11) is 0. The molecule has 0 bridgehead atoms. The average molecular weight is 391 g/mol. The Morgan fingerprint density at radius 3 is 2.93 bits per heavy atom. The van der Waals surface area contributed by atoms with Crippen LogP contribution in [0, 0.1) is 5.82 Å². The van der Waals surface area contributed by atoms with Crippen molar-refractivity contribution in [2.75, 3.05) is 5.32 Å². The van der Waals surface area contributed by atoms with E-state index in [4.69, 9.17) is 4.98 Å². The zero-order valence-electron chi connectivity index (χ0n) is 16.4. The molecule has 0 fully saturated rings. The van der Waals surface area contributed by atoms with Gasteiger partial charge in [0, 0.05) is 41.5 Å². The van der Waals surface area contributed by atoms with Crippen LogP contribution in [0.3, 0.4) is 0 Å². The summed E-state index contributed by atoms with van der Waals surface area (Å²) in [6.07, 6.45) is 9.46. The number of H-pyrrole nitrogens is 1. The normalized spacial score (nSPS) is 16.3. The van der Waals surface area contributed by atoms with Crippen LogP contribution in [0.5, 0.6) is 0 Å². The van der Waals surface area contributed by atoms with Crippen LogP contribution in [0.15, 0.2) is 36.9 Å². The van der Waals surface area contributed by atoms with Crippen LogP contribution in [0.25, 0.3) is 16.9 Å². The maximum atomic E-state index is 13.8. The Hall–Kier alpha value is -3.29. The average Bonchev–Trinajstić information content (AvgIpc) is 3.34. The number of aryl methyl sites for hydroxylation is 1. The molecule has 0 saturated carbocycles. The lowest BCUT2D eigenvalue weighted by molar-refractivity contribution is 0.598. The number of hydrogen-bond acceptors (Lipinski definition) is 5. The molecular formula is C21H22FN7. The van der Waals surface area contributed by atoms with Crippen molar-refractivity contribution in [3.05, 3.63) is 59.6 Å². The first-order valence-electron chi connectivity index (χ1n) is 9.85. The Bertz CT molecular complexity index is 1180. The third-order valence-electron chi connectivity index (χ3n) is 5.49. The molecule has 4 aromatic heterocycles. The quantitative estimate of drug-likeness (QED) is 0.554. The van der Waals surface area contributed by atoms with Gasteiger partial charge in [-0.3, -0.25) is 10.1 Å². The Morgan fingerprint density at radius 2 is 2.10 bits per heavy atom. The summed E-state index contributed by atoms with van der Waals surface area (Å²) in [4.78, 5) is 8.77. The van der Waals surface area contributed by atoms with Crippen molar-refractivity contribution < 1.29 is 4.39 Å². The molecule has 2 N–H and O–H groups in total. The zero-order chi connectivity index (χ0) is 20.0. The van der Waals surface area contributed by atoms with E-state index >= 15 is 0 Å². The standard InChI is InChI=1S/C21H22FN7/c1-12(2)17-11-25-29-20(26-16-4-3-13-9-24-28-19(13)6-16)7-18(27-21(17)29)14-5-15(22)10-23-8-14/h5,7-12,16,26H,3-4,6H2,1-2H3,(H,24,28)/t16-/m0/s1. The van der Waals surface area contributed by atoms with Gasteiger partial charge in [-0.1, -0.05) is 13.8 Å². The van der Waals surface area contributed by atoms with Gasteiger partial charge in [0.2, 0.25) is 0 Å². The van der Waals surface area contributed by atoms with Crippen molar-refractivity contribution in [1.82, 2.24) is 29.8 Å². The van der Waals surface area contributed by atoms with Crippen molar-refractivity contribution >= 4 is 11.5 Å². The highest BCUT2D eigenvalue weighted by Gasteiger charge is 2.22. The molecule has 4 heterocycles.